The average Bonchev–Trinajstić information content (AvgIpc) is 3.16. The molecule has 2 aromatic rings. The third-order valence-electron chi connectivity index (χ3n) is 5.03. The van der Waals surface area contributed by atoms with Crippen LogP contribution in [0.5, 0.6) is 0 Å². The number of nitrogens with zero attached hydrogens (tertiary/aromatic N) is 1. The third kappa shape index (κ3) is 2.79. The third-order valence-corrected chi connectivity index (χ3v) is 5.03. The van der Waals surface area contributed by atoms with Gasteiger partial charge in [-0.05, 0) is 44.7 Å². The Hall–Kier alpha value is -2.30. The Morgan fingerprint density at radius 3 is 2.38 bits per heavy atom. The van der Waals surface area contributed by atoms with Crippen LogP contribution in [0.3, 0.4) is 0 Å². The van der Waals surface area contributed by atoms with Gasteiger partial charge in [0.2, 0.25) is 5.91 Å². The number of nitrogens with two attached hydrogens (primary N) is 1. The Morgan fingerprint density at radius 1 is 1.17 bits per heavy atom. The molecule has 1 fully saturated rings. The summed E-state index contributed by atoms with van der Waals surface area (Å²) in [5, 5.41) is 0.990. The van der Waals surface area contributed by atoms with Crippen LogP contribution >= 0.6 is 0 Å². The number of hydrogen-bond acceptors (Lipinski definition) is 3. The predicted molar refractivity (Wildman–Crippen MR) is 92.9 cm³/mol. The quantitative estimate of drug-likeness (QED) is 0.936. The van der Waals surface area contributed by atoms with Crippen molar-refractivity contribution in [2.45, 2.75) is 52.5 Å². The zero-order valence-electron chi connectivity index (χ0n) is 14.5. The molecule has 3 rings (SSSR count). The molecule has 2 N–H and O–H groups in total. The highest BCUT2D eigenvalue weighted by atomic mass is 16.3. The van der Waals surface area contributed by atoms with Gasteiger partial charge in [0, 0.05) is 17.0 Å². The summed E-state index contributed by atoms with van der Waals surface area (Å²) in [4.78, 5) is 26.2. The second-order valence-electron chi connectivity index (χ2n) is 6.80. The first-order valence-electron chi connectivity index (χ1n) is 8.48. The summed E-state index contributed by atoms with van der Waals surface area (Å²) in [5.41, 5.74) is 9.04. The topological polar surface area (TPSA) is 76.5 Å². The lowest BCUT2D eigenvalue weighted by molar-refractivity contribution is -0.119. The lowest BCUT2D eigenvalue weighted by Gasteiger charge is -2.27. The monoisotopic (exact) mass is 328 g/mol. The maximum absolute atomic E-state index is 13.1. The van der Waals surface area contributed by atoms with Crippen LogP contribution in [-0.4, -0.2) is 29.3 Å². The lowest BCUT2D eigenvalue weighted by Crippen LogP contribution is -2.44. The van der Waals surface area contributed by atoms with Gasteiger partial charge in [-0.2, -0.15) is 0 Å². The van der Waals surface area contributed by atoms with E-state index in [0.717, 1.165) is 53.3 Å². The molecule has 0 unspecified atom stereocenters. The number of rotatable bonds is 4. The van der Waals surface area contributed by atoms with Crippen LogP contribution in [-0.2, 0) is 4.79 Å². The van der Waals surface area contributed by atoms with E-state index in [-0.39, 0.29) is 18.5 Å². The molecule has 0 bridgehead atoms. The molecule has 24 heavy (non-hydrogen) atoms. The number of hydrogen-bond donors (Lipinski definition) is 1. The maximum Gasteiger partial charge on any atom is 0.290 e. The number of carbonyl (C=O) groups is 2. The number of fused-ring (bicyclic) bond motifs is 1. The van der Waals surface area contributed by atoms with Crippen LogP contribution in [0, 0.1) is 20.8 Å². The molecule has 128 valence electrons. The van der Waals surface area contributed by atoms with Crippen molar-refractivity contribution in [3.63, 3.8) is 0 Å². The van der Waals surface area contributed by atoms with Crippen LogP contribution in [0.1, 0.15) is 52.9 Å². The summed E-state index contributed by atoms with van der Waals surface area (Å²) in [6, 6.07) is 4.10. The summed E-state index contributed by atoms with van der Waals surface area (Å²) in [6.45, 7) is 5.83. The fourth-order valence-corrected chi connectivity index (χ4v) is 3.76. The minimum Gasteiger partial charge on any atom is -0.450 e. The summed E-state index contributed by atoms with van der Waals surface area (Å²) >= 11 is 0. The fraction of sp³-hybridized carbons (Fsp3) is 0.474. The van der Waals surface area contributed by atoms with Gasteiger partial charge in [-0.15, -0.1) is 0 Å². The smallest absolute Gasteiger partial charge is 0.290 e. The highest BCUT2D eigenvalue weighted by Gasteiger charge is 2.32. The molecule has 1 saturated carbocycles. The second kappa shape index (κ2) is 6.30. The van der Waals surface area contributed by atoms with Crippen LogP contribution in [0.25, 0.3) is 11.0 Å². The number of aryl methyl sites for hydroxylation is 3. The summed E-state index contributed by atoms with van der Waals surface area (Å²) in [7, 11) is 0. The highest BCUT2D eigenvalue weighted by molar-refractivity contribution is 6.01. The molecule has 0 spiro atoms. The van der Waals surface area contributed by atoms with E-state index in [1.165, 1.54) is 0 Å². The molecule has 0 saturated heterocycles. The molecular weight excluding hydrogens is 304 g/mol. The van der Waals surface area contributed by atoms with Crippen LogP contribution < -0.4 is 5.73 Å². The Balaban J connectivity index is 2.05. The molecule has 5 nitrogen and oxygen atoms in total. The van der Waals surface area contributed by atoms with E-state index in [0.29, 0.717) is 5.76 Å². The largest absolute Gasteiger partial charge is 0.450 e. The van der Waals surface area contributed by atoms with Crippen molar-refractivity contribution in [2.24, 2.45) is 5.73 Å². The van der Waals surface area contributed by atoms with Crippen molar-refractivity contribution >= 4 is 22.8 Å². The summed E-state index contributed by atoms with van der Waals surface area (Å²) in [6.07, 6.45) is 3.97. The van der Waals surface area contributed by atoms with E-state index in [1.54, 1.807) is 4.90 Å². The standard InChI is InChI=1S/C19H24N2O3/c1-11-8-9-12(2)17-16(11)13(3)18(24-17)19(23)21(10-15(20)22)14-6-4-5-7-14/h8-9,14H,4-7,10H2,1-3H3,(H2,20,22). The Morgan fingerprint density at radius 2 is 1.79 bits per heavy atom. The van der Waals surface area contributed by atoms with Crippen LogP contribution in [0.2, 0.25) is 0 Å². The molecule has 2 amide bonds. The molecular formula is C19H24N2O3. The van der Waals surface area contributed by atoms with Gasteiger partial charge >= 0.3 is 0 Å². The number of carbonyl (C=O) groups excluding carboxylic acids is 2. The van der Waals surface area contributed by atoms with Gasteiger partial charge < -0.3 is 15.1 Å². The van der Waals surface area contributed by atoms with E-state index in [1.807, 2.05) is 32.9 Å². The summed E-state index contributed by atoms with van der Waals surface area (Å²) in [5.74, 6) is -0.389. The van der Waals surface area contributed by atoms with Gasteiger partial charge in [0.25, 0.3) is 5.91 Å². The normalized spacial score (nSPS) is 15.1. The lowest BCUT2D eigenvalue weighted by atomic mass is 10.0. The Labute approximate surface area is 141 Å². The fourth-order valence-electron chi connectivity index (χ4n) is 3.76. The summed E-state index contributed by atoms with van der Waals surface area (Å²) < 4.78 is 5.95. The minimum atomic E-state index is -0.489. The van der Waals surface area contributed by atoms with E-state index in [9.17, 15) is 9.59 Å². The van der Waals surface area contributed by atoms with Crippen LogP contribution in [0.4, 0.5) is 0 Å². The van der Waals surface area contributed by atoms with Crippen LogP contribution in [0.15, 0.2) is 16.5 Å². The molecule has 1 aromatic carbocycles. The number of furan rings is 1. The maximum atomic E-state index is 13.1. The molecule has 0 aliphatic heterocycles. The van der Waals surface area contributed by atoms with Gasteiger partial charge in [0.05, 0.1) is 0 Å². The molecule has 0 radical (unpaired) electrons. The van der Waals surface area contributed by atoms with Crippen molar-refractivity contribution in [3.8, 4) is 0 Å². The van der Waals surface area contributed by atoms with Crippen molar-refractivity contribution in [1.82, 2.24) is 4.90 Å². The molecule has 1 aliphatic rings. The molecule has 1 aliphatic carbocycles. The Kier molecular flexibility index (Phi) is 4.35. The number of benzene rings is 1. The first-order valence-corrected chi connectivity index (χ1v) is 8.48. The number of amides is 2. The molecule has 1 aromatic heterocycles. The van der Waals surface area contributed by atoms with Crippen molar-refractivity contribution in [2.75, 3.05) is 6.54 Å². The minimum absolute atomic E-state index is 0.0576. The van der Waals surface area contributed by atoms with Gasteiger partial charge in [0.1, 0.15) is 12.1 Å². The van der Waals surface area contributed by atoms with Gasteiger partial charge in [0.15, 0.2) is 5.76 Å². The van der Waals surface area contributed by atoms with E-state index in [4.69, 9.17) is 10.2 Å². The van der Waals surface area contributed by atoms with Gasteiger partial charge in [-0.3, -0.25) is 9.59 Å². The second-order valence-corrected chi connectivity index (χ2v) is 6.80. The molecule has 1 heterocycles. The van der Waals surface area contributed by atoms with E-state index >= 15 is 0 Å². The SMILES string of the molecule is Cc1ccc(C)c2c(C)c(C(=O)N(CC(N)=O)C3CCCC3)oc12. The van der Waals surface area contributed by atoms with E-state index < -0.39 is 5.91 Å². The Bertz CT molecular complexity index is 801. The predicted octanol–water partition coefficient (Wildman–Crippen LogP) is 3.23. The first-order chi connectivity index (χ1) is 11.4. The number of primary amides is 1. The van der Waals surface area contributed by atoms with Gasteiger partial charge in [-0.25, -0.2) is 0 Å². The van der Waals surface area contributed by atoms with E-state index in [2.05, 4.69) is 0 Å². The molecule has 5 heteroatoms. The zero-order chi connectivity index (χ0) is 17.4. The first kappa shape index (κ1) is 16.6. The van der Waals surface area contributed by atoms with Crippen molar-refractivity contribution in [3.05, 3.63) is 34.6 Å². The zero-order valence-corrected chi connectivity index (χ0v) is 14.5. The van der Waals surface area contributed by atoms with Gasteiger partial charge in [-0.1, -0.05) is 25.0 Å². The van der Waals surface area contributed by atoms with Crippen molar-refractivity contribution in [1.29, 1.82) is 0 Å². The van der Waals surface area contributed by atoms with Crippen molar-refractivity contribution < 1.29 is 14.0 Å². The highest BCUT2D eigenvalue weighted by Crippen LogP contribution is 2.32. The average molecular weight is 328 g/mol. The molecule has 0 atom stereocenters.